The SMILES string of the molecule is CP(C)(OP(=O)(O)OP(C)(C)(c1ccccc1)c1ccccc1)(c1ccccc1)c1ccccc1. The fourth-order valence-electron chi connectivity index (χ4n) is 4.57. The summed E-state index contributed by atoms with van der Waals surface area (Å²) in [6, 6.07) is 38.7. The van der Waals surface area contributed by atoms with Crippen molar-refractivity contribution in [3.05, 3.63) is 121 Å². The van der Waals surface area contributed by atoms with Crippen LogP contribution in [0.3, 0.4) is 0 Å². The Hall–Kier alpha value is -2.15. The third kappa shape index (κ3) is 4.93. The fraction of sp³-hybridized carbons (Fsp3) is 0.143. The quantitative estimate of drug-likeness (QED) is 0.292. The first-order chi connectivity index (χ1) is 16.4. The molecule has 0 saturated heterocycles. The topological polar surface area (TPSA) is 55.8 Å². The van der Waals surface area contributed by atoms with Crippen LogP contribution in [0.15, 0.2) is 121 Å². The molecule has 0 heterocycles. The molecule has 0 aliphatic rings. The Morgan fingerprint density at radius 3 is 0.886 bits per heavy atom. The molecule has 1 N–H and O–H groups in total. The first-order valence-corrected chi connectivity index (χ1v) is 19.0. The molecule has 0 radical (unpaired) electrons. The first-order valence-electron chi connectivity index (χ1n) is 11.4. The third-order valence-electron chi connectivity index (χ3n) is 6.72. The van der Waals surface area contributed by atoms with Gasteiger partial charge in [0.05, 0.1) is 0 Å². The summed E-state index contributed by atoms with van der Waals surface area (Å²) in [5, 5.41) is 3.48. The van der Waals surface area contributed by atoms with Gasteiger partial charge in [-0.3, -0.25) is 0 Å². The van der Waals surface area contributed by atoms with Gasteiger partial charge in [-0.1, -0.05) is 0 Å². The Kier molecular flexibility index (Phi) is 6.71. The van der Waals surface area contributed by atoms with E-state index in [9.17, 15) is 9.46 Å². The fourth-order valence-corrected chi connectivity index (χ4v) is 16.2. The first kappa shape index (κ1) is 25.9. The van der Waals surface area contributed by atoms with Crippen LogP contribution in [0.5, 0.6) is 0 Å². The summed E-state index contributed by atoms with van der Waals surface area (Å²) in [5.41, 5.74) is 0. The van der Waals surface area contributed by atoms with Crippen molar-refractivity contribution in [1.82, 2.24) is 0 Å². The summed E-state index contributed by atoms with van der Waals surface area (Å²) in [5.74, 6) is 0. The predicted octanol–water partition coefficient (Wildman–Crippen LogP) is 5.88. The van der Waals surface area contributed by atoms with Gasteiger partial charge in [0.25, 0.3) is 0 Å². The molecule has 4 nitrogen and oxygen atoms in total. The molecule has 4 aromatic rings. The van der Waals surface area contributed by atoms with Gasteiger partial charge >= 0.3 is 209 Å². The third-order valence-corrected chi connectivity index (χ3v) is 19.5. The summed E-state index contributed by atoms with van der Waals surface area (Å²) in [7, 11) is -4.61. The minimum atomic E-state index is -4.61. The van der Waals surface area contributed by atoms with Crippen molar-refractivity contribution in [1.29, 1.82) is 0 Å². The van der Waals surface area contributed by atoms with Gasteiger partial charge in [-0.15, -0.1) is 0 Å². The molecule has 4 rings (SSSR count). The Bertz CT molecular complexity index is 1150. The van der Waals surface area contributed by atoms with Crippen LogP contribution < -0.4 is 21.2 Å². The summed E-state index contributed by atoms with van der Waals surface area (Å²) < 4.78 is 27.0. The van der Waals surface area contributed by atoms with E-state index >= 15 is 0 Å². The monoisotopic (exact) mass is 526 g/mol. The Labute approximate surface area is 208 Å². The van der Waals surface area contributed by atoms with Crippen LogP contribution in [-0.2, 0) is 13.2 Å². The standard InChI is InChI=1S/C28H33O4P3/c1-34(2,25-17-9-5-10-18-25,26-19-11-6-12-20-26)31-33(29,30)32-35(3,4,27-21-13-7-14-22-27)28-23-15-8-16-24-28/h5-24H,1-4H3,(H,29,30). The second-order valence-corrected chi connectivity index (χ2v) is 22.3. The average Bonchev–Trinajstić information content (AvgIpc) is 2.85. The molecule has 4 aromatic carbocycles. The molecule has 0 amide bonds. The summed E-state index contributed by atoms with van der Waals surface area (Å²) in [6.45, 7) is 0.614. The maximum atomic E-state index is 14.1. The summed E-state index contributed by atoms with van der Waals surface area (Å²) in [6.07, 6.45) is 0. The van der Waals surface area contributed by atoms with Crippen LogP contribution >= 0.6 is 21.5 Å². The zero-order valence-corrected chi connectivity index (χ0v) is 23.2. The molecular formula is C28H33O4P3. The van der Waals surface area contributed by atoms with E-state index in [2.05, 4.69) is 0 Å². The molecule has 0 aliphatic heterocycles. The van der Waals surface area contributed by atoms with Gasteiger partial charge in [-0.25, -0.2) is 0 Å². The van der Waals surface area contributed by atoms with Crippen molar-refractivity contribution in [3.63, 3.8) is 0 Å². The van der Waals surface area contributed by atoms with E-state index in [1.165, 1.54) is 0 Å². The molecule has 7 heteroatoms. The molecule has 184 valence electrons. The van der Waals surface area contributed by atoms with Crippen molar-refractivity contribution in [2.24, 2.45) is 0 Å². The van der Waals surface area contributed by atoms with E-state index in [1.54, 1.807) is 0 Å². The van der Waals surface area contributed by atoms with Crippen LogP contribution in [0, 0.1) is 0 Å². The molecule has 0 aliphatic carbocycles. The van der Waals surface area contributed by atoms with Gasteiger partial charge in [-0.2, -0.15) is 0 Å². The van der Waals surface area contributed by atoms with Crippen LogP contribution in [0.4, 0.5) is 0 Å². The van der Waals surface area contributed by atoms with Gasteiger partial charge in [0, 0.05) is 0 Å². The number of benzene rings is 4. The second kappa shape index (κ2) is 9.06. The Balaban J connectivity index is 1.87. The van der Waals surface area contributed by atoms with Crippen molar-refractivity contribution >= 4 is 42.7 Å². The van der Waals surface area contributed by atoms with E-state index in [0.29, 0.717) is 0 Å². The molecule has 0 fully saturated rings. The summed E-state index contributed by atoms with van der Waals surface area (Å²) in [4.78, 5) is 11.5. The summed E-state index contributed by atoms with van der Waals surface area (Å²) >= 11 is 0. The number of rotatable bonds is 8. The van der Waals surface area contributed by atoms with Gasteiger partial charge < -0.3 is 0 Å². The van der Waals surface area contributed by atoms with E-state index in [-0.39, 0.29) is 0 Å². The number of phosphoric acid groups is 1. The zero-order valence-electron chi connectivity index (χ0n) is 20.6. The van der Waals surface area contributed by atoms with E-state index in [0.717, 1.165) is 21.2 Å². The molecular weight excluding hydrogens is 493 g/mol. The molecule has 0 bridgehead atoms. The van der Waals surface area contributed by atoms with Gasteiger partial charge in [0.1, 0.15) is 0 Å². The Morgan fingerprint density at radius 1 is 0.486 bits per heavy atom. The van der Waals surface area contributed by atoms with Crippen LogP contribution in [0.2, 0.25) is 0 Å². The van der Waals surface area contributed by atoms with E-state index < -0.39 is 21.5 Å². The van der Waals surface area contributed by atoms with Crippen molar-refractivity contribution in [2.45, 2.75) is 0 Å². The number of hydrogen-bond acceptors (Lipinski definition) is 3. The van der Waals surface area contributed by atoms with E-state index in [1.807, 2.05) is 148 Å². The molecule has 0 atom stereocenters. The zero-order chi connectivity index (χ0) is 25.3. The molecule has 0 aromatic heterocycles. The van der Waals surface area contributed by atoms with Gasteiger partial charge in [0.2, 0.25) is 0 Å². The molecule has 0 spiro atoms. The molecule has 0 unspecified atom stereocenters. The predicted molar refractivity (Wildman–Crippen MR) is 154 cm³/mol. The Morgan fingerprint density at radius 2 is 0.686 bits per heavy atom. The second-order valence-electron chi connectivity index (χ2n) is 9.98. The van der Waals surface area contributed by atoms with Gasteiger partial charge in [-0.05, 0) is 0 Å². The van der Waals surface area contributed by atoms with Crippen molar-refractivity contribution in [3.8, 4) is 0 Å². The minimum absolute atomic E-state index is 0.870. The van der Waals surface area contributed by atoms with Crippen LogP contribution in [0.1, 0.15) is 0 Å². The van der Waals surface area contributed by atoms with Crippen LogP contribution in [-0.4, -0.2) is 31.6 Å². The maximum absolute atomic E-state index is 14.1. The molecule has 35 heavy (non-hydrogen) atoms. The molecule has 0 saturated carbocycles. The normalized spacial score (nSPS) is 16.3. The van der Waals surface area contributed by atoms with E-state index in [4.69, 9.17) is 8.62 Å². The van der Waals surface area contributed by atoms with Crippen molar-refractivity contribution in [2.75, 3.05) is 26.7 Å². The number of hydrogen-bond donors (Lipinski definition) is 1. The van der Waals surface area contributed by atoms with Crippen LogP contribution in [0.25, 0.3) is 0 Å². The van der Waals surface area contributed by atoms with Crippen molar-refractivity contribution < 1.29 is 18.1 Å². The average molecular weight is 526 g/mol. The van der Waals surface area contributed by atoms with Gasteiger partial charge in [0.15, 0.2) is 0 Å².